The van der Waals surface area contributed by atoms with Crippen molar-refractivity contribution in [2.45, 2.75) is 464 Å². The van der Waals surface area contributed by atoms with Gasteiger partial charge >= 0.3 is 39.5 Å². The summed E-state index contributed by atoms with van der Waals surface area (Å²) in [5.74, 6) is -0.540. The molecule has 19 heteroatoms. The SMILES string of the molecule is CCCCCCCCCCCCCCCCCCCCCCC(=O)O[C@H](COC(=O)CCCCCCCCCCCCCCCCCCC(C)C)COP(=O)(O)OC[C@@H](O)COP(=O)(O)OC[C@@H](COC(=O)CCCCCCCCCCCCC)OC(=O)CCCCCCCCCCCCC(C)C. The van der Waals surface area contributed by atoms with E-state index >= 15 is 0 Å². The van der Waals surface area contributed by atoms with Crippen molar-refractivity contribution in [3.63, 3.8) is 0 Å². The number of unbranched alkanes of at least 4 members (excludes halogenated alkanes) is 53. The second kappa shape index (κ2) is 75.5. The smallest absolute Gasteiger partial charge is 0.462 e. The quantitative estimate of drug-likeness (QED) is 0.0222. The van der Waals surface area contributed by atoms with Crippen LogP contribution < -0.4 is 0 Å². The van der Waals surface area contributed by atoms with Gasteiger partial charge in [-0.3, -0.25) is 37.3 Å². The molecule has 3 N–H and O–H groups in total. The summed E-state index contributed by atoms with van der Waals surface area (Å²) >= 11 is 0. The highest BCUT2D eigenvalue weighted by molar-refractivity contribution is 7.47. The minimum absolute atomic E-state index is 0.106. The van der Waals surface area contributed by atoms with E-state index in [1.165, 1.54) is 263 Å². The normalized spacial score (nSPS) is 13.9. The van der Waals surface area contributed by atoms with Crippen LogP contribution in [0.15, 0.2) is 0 Å². The van der Waals surface area contributed by atoms with Crippen LogP contribution in [-0.4, -0.2) is 96.7 Å². The molecule has 0 bridgehead atoms. The Morgan fingerprint density at radius 2 is 0.447 bits per heavy atom. The summed E-state index contributed by atoms with van der Waals surface area (Å²) in [6.07, 6.45) is 66.6. The lowest BCUT2D eigenvalue weighted by Gasteiger charge is -2.21. The average molecular weight is 1510 g/mol. The van der Waals surface area contributed by atoms with Crippen LogP contribution in [0.3, 0.4) is 0 Å². The zero-order chi connectivity index (χ0) is 75.6. The van der Waals surface area contributed by atoms with Crippen molar-refractivity contribution in [3.05, 3.63) is 0 Å². The van der Waals surface area contributed by atoms with Gasteiger partial charge in [-0.05, 0) is 37.5 Å². The Bertz CT molecular complexity index is 1980. The lowest BCUT2D eigenvalue weighted by atomic mass is 10.0. The Labute approximate surface area is 632 Å². The fraction of sp³-hybridized carbons (Fsp3) is 0.952. The maximum Gasteiger partial charge on any atom is 0.472 e. The van der Waals surface area contributed by atoms with Crippen molar-refractivity contribution < 1.29 is 80.2 Å². The highest BCUT2D eigenvalue weighted by atomic mass is 31.2. The molecule has 0 heterocycles. The maximum absolute atomic E-state index is 13.1. The fourth-order valence-electron chi connectivity index (χ4n) is 13.1. The lowest BCUT2D eigenvalue weighted by molar-refractivity contribution is -0.161. The first-order valence-electron chi connectivity index (χ1n) is 43.5. The van der Waals surface area contributed by atoms with Crippen molar-refractivity contribution in [3.8, 4) is 0 Å². The second-order valence-corrected chi connectivity index (χ2v) is 34.1. The van der Waals surface area contributed by atoms with Crippen molar-refractivity contribution in [2.24, 2.45) is 11.8 Å². The molecule has 0 saturated heterocycles. The molecule has 0 fully saturated rings. The van der Waals surface area contributed by atoms with E-state index < -0.39 is 97.5 Å². The number of hydrogen-bond donors (Lipinski definition) is 3. The predicted molar refractivity (Wildman–Crippen MR) is 423 cm³/mol. The van der Waals surface area contributed by atoms with Crippen LogP contribution in [-0.2, 0) is 65.4 Å². The Morgan fingerprint density at radius 3 is 0.660 bits per heavy atom. The summed E-state index contributed by atoms with van der Waals surface area (Å²) in [5.41, 5.74) is 0. The molecule has 0 radical (unpaired) electrons. The van der Waals surface area contributed by atoms with Gasteiger partial charge in [-0.15, -0.1) is 0 Å². The zero-order valence-electron chi connectivity index (χ0n) is 67.6. The van der Waals surface area contributed by atoms with Gasteiger partial charge in [0.25, 0.3) is 0 Å². The van der Waals surface area contributed by atoms with Crippen molar-refractivity contribution in [1.29, 1.82) is 0 Å². The highest BCUT2D eigenvalue weighted by Gasteiger charge is 2.30. The van der Waals surface area contributed by atoms with E-state index in [1.54, 1.807) is 0 Å². The highest BCUT2D eigenvalue weighted by Crippen LogP contribution is 2.45. The minimum Gasteiger partial charge on any atom is -0.462 e. The van der Waals surface area contributed by atoms with Crippen LogP contribution in [0, 0.1) is 11.8 Å². The van der Waals surface area contributed by atoms with Gasteiger partial charge in [0.05, 0.1) is 26.4 Å². The summed E-state index contributed by atoms with van der Waals surface area (Å²) in [7, 11) is -9.92. The Balaban J connectivity index is 5.23. The fourth-order valence-corrected chi connectivity index (χ4v) is 14.6. The monoisotopic (exact) mass is 1510 g/mol. The molecule has 612 valence electrons. The first-order valence-corrected chi connectivity index (χ1v) is 46.5. The molecule has 17 nitrogen and oxygen atoms in total. The van der Waals surface area contributed by atoms with Gasteiger partial charge in [0.2, 0.25) is 0 Å². The third kappa shape index (κ3) is 78.0. The number of aliphatic hydroxyl groups excluding tert-OH is 1. The molecular weight excluding hydrogens is 1340 g/mol. The van der Waals surface area contributed by atoms with Gasteiger partial charge in [-0.2, -0.15) is 0 Å². The Morgan fingerprint density at radius 1 is 0.262 bits per heavy atom. The predicted octanol–water partition coefficient (Wildman–Crippen LogP) is 25.5. The van der Waals surface area contributed by atoms with Crippen LogP contribution in [0.5, 0.6) is 0 Å². The second-order valence-electron chi connectivity index (χ2n) is 31.2. The number of phosphoric acid groups is 2. The topological polar surface area (TPSA) is 237 Å². The lowest BCUT2D eigenvalue weighted by Crippen LogP contribution is -2.30. The molecule has 0 aromatic carbocycles. The van der Waals surface area contributed by atoms with E-state index in [9.17, 15) is 43.2 Å². The molecule has 5 atom stereocenters. The van der Waals surface area contributed by atoms with E-state index in [0.717, 1.165) is 102 Å². The van der Waals surface area contributed by atoms with E-state index in [1.807, 2.05) is 0 Å². The van der Waals surface area contributed by atoms with Crippen LogP contribution >= 0.6 is 15.6 Å². The van der Waals surface area contributed by atoms with Gasteiger partial charge in [0, 0.05) is 25.7 Å². The van der Waals surface area contributed by atoms with Gasteiger partial charge < -0.3 is 33.8 Å². The van der Waals surface area contributed by atoms with Gasteiger partial charge in [0.15, 0.2) is 12.2 Å². The molecule has 2 unspecified atom stereocenters. The first-order chi connectivity index (χ1) is 49.9. The van der Waals surface area contributed by atoms with Gasteiger partial charge in [0.1, 0.15) is 19.3 Å². The molecule has 0 rings (SSSR count). The number of carbonyl (C=O) groups excluding carboxylic acids is 4. The molecule has 0 spiro atoms. The van der Waals surface area contributed by atoms with Crippen LogP contribution in [0.2, 0.25) is 0 Å². The number of esters is 4. The number of hydrogen-bond acceptors (Lipinski definition) is 15. The largest absolute Gasteiger partial charge is 0.472 e. The molecule has 0 amide bonds. The summed E-state index contributed by atoms with van der Waals surface area (Å²) in [6, 6.07) is 0. The van der Waals surface area contributed by atoms with Crippen LogP contribution in [0.25, 0.3) is 0 Å². The summed E-state index contributed by atoms with van der Waals surface area (Å²) in [5, 5.41) is 10.7. The standard InChI is InChI=1S/C84H164O17P2/c1-7-9-11-13-15-17-19-20-21-22-23-24-25-30-33-37-44-50-56-62-68-83(88)100-79(73-95-82(87)67-61-55-49-43-36-32-29-27-26-28-31-35-40-46-52-58-64-76(3)4)74-98-102(90,91)96-70-78(85)71-97-103(92,93)99-75-80(72-94-81(86)66-60-54-48-42-34-18-16-14-12-10-8-2)101-84(89)69-63-57-51-45-39-38-41-47-53-59-65-77(5)6/h76-80,85H,7-75H2,1-6H3,(H,90,91)(H,92,93)/t78-,79-,80-/m1/s1. The molecule has 0 aliphatic carbocycles. The summed E-state index contributed by atoms with van der Waals surface area (Å²) < 4.78 is 68.8. The third-order valence-electron chi connectivity index (χ3n) is 19.7. The third-order valence-corrected chi connectivity index (χ3v) is 21.6. The number of phosphoric ester groups is 2. The van der Waals surface area contributed by atoms with E-state index in [-0.39, 0.29) is 25.7 Å². The Kier molecular flexibility index (Phi) is 74.1. The number of aliphatic hydroxyl groups is 1. The molecular formula is C84H164O17P2. The molecule has 0 aliphatic rings. The van der Waals surface area contributed by atoms with E-state index in [0.29, 0.717) is 25.7 Å². The zero-order valence-corrected chi connectivity index (χ0v) is 69.4. The summed E-state index contributed by atoms with van der Waals surface area (Å²) in [6.45, 7) is 9.67. The van der Waals surface area contributed by atoms with Gasteiger partial charge in [-0.25, -0.2) is 9.13 Å². The van der Waals surface area contributed by atoms with Crippen LogP contribution in [0.4, 0.5) is 0 Å². The van der Waals surface area contributed by atoms with E-state index in [2.05, 4.69) is 41.5 Å². The molecule has 0 aliphatic heterocycles. The number of carbonyl (C=O) groups is 4. The average Bonchev–Trinajstić information content (AvgIpc) is 0.921. The van der Waals surface area contributed by atoms with Crippen molar-refractivity contribution in [1.82, 2.24) is 0 Å². The van der Waals surface area contributed by atoms with Crippen LogP contribution in [0.1, 0.15) is 446 Å². The Hall–Kier alpha value is -1.94. The van der Waals surface area contributed by atoms with Gasteiger partial charge in [-0.1, -0.05) is 395 Å². The molecule has 0 aromatic heterocycles. The first kappa shape index (κ1) is 101. The van der Waals surface area contributed by atoms with Crippen molar-refractivity contribution in [2.75, 3.05) is 39.6 Å². The van der Waals surface area contributed by atoms with Crippen molar-refractivity contribution >= 4 is 39.5 Å². The maximum atomic E-state index is 13.1. The summed E-state index contributed by atoms with van der Waals surface area (Å²) in [4.78, 5) is 73.1. The molecule has 0 saturated carbocycles. The number of rotatable bonds is 83. The molecule has 0 aromatic rings. The number of ether oxygens (including phenoxy) is 4. The minimum atomic E-state index is -4.96. The molecule has 103 heavy (non-hydrogen) atoms. The van der Waals surface area contributed by atoms with E-state index in [4.69, 9.17) is 37.0 Å².